The predicted molar refractivity (Wildman–Crippen MR) is 138 cm³/mol. The lowest BCUT2D eigenvalue weighted by atomic mass is 9.68. The van der Waals surface area contributed by atoms with E-state index in [4.69, 9.17) is 17.0 Å². The van der Waals surface area contributed by atoms with Crippen molar-refractivity contribution in [3.8, 4) is 0 Å². The minimum atomic E-state index is -3.51. The largest absolute Gasteiger partial charge is 0.379 e. The Kier molecular flexibility index (Phi) is 8.44. The van der Waals surface area contributed by atoms with Gasteiger partial charge in [0, 0.05) is 24.7 Å². The predicted octanol–water partition coefficient (Wildman–Crippen LogP) is 4.31. The van der Waals surface area contributed by atoms with Gasteiger partial charge in [0.05, 0.1) is 23.8 Å². The molecule has 0 saturated carbocycles. The molecule has 180 valence electrons. The molecule has 0 bridgehead atoms. The van der Waals surface area contributed by atoms with Crippen LogP contribution in [0.3, 0.4) is 0 Å². The van der Waals surface area contributed by atoms with Crippen molar-refractivity contribution >= 4 is 38.8 Å². The van der Waals surface area contributed by atoms with E-state index in [1.54, 1.807) is 24.3 Å². The van der Waals surface area contributed by atoms with Crippen molar-refractivity contribution in [2.24, 2.45) is 16.4 Å². The number of hydrazone groups is 1. The highest BCUT2D eigenvalue weighted by Crippen LogP contribution is 2.41. The van der Waals surface area contributed by atoms with Crippen molar-refractivity contribution in [1.29, 1.82) is 0 Å². The van der Waals surface area contributed by atoms with E-state index in [0.717, 1.165) is 12.1 Å². The Morgan fingerprint density at radius 1 is 1.24 bits per heavy atom. The molecule has 1 aromatic carbocycles. The summed E-state index contributed by atoms with van der Waals surface area (Å²) < 4.78 is 32.1. The van der Waals surface area contributed by atoms with Crippen LogP contribution in [-0.4, -0.2) is 49.9 Å². The summed E-state index contributed by atoms with van der Waals surface area (Å²) in [6, 6.07) is 6.54. The fraction of sp³-hybridized carbons (Fsp3) is 0.500. The van der Waals surface area contributed by atoms with Crippen LogP contribution < -0.4 is 10.7 Å². The molecule has 1 aromatic rings. The van der Waals surface area contributed by atoms with E-state index in [9.17, 15) is 8.42 Å². The van der Waals surface area contributed by atoms with E-state index < -0.39 is 10.0 Å². The van der Waals surface area contributed by atoms with Crippen LogP contribution in [0.4, 0.5) is 5.69 Å². The van der Waals surface area contributed by atoms with Gasteiger partial charge in [0.1, 0.15) is 0 Å². The molecule has 1 heterocycles. The first kappa shape index (κ1) is 25.6. The van der Waals surface area contributed by atoms with Crippen LogP contribution in [0, 0.1) is 11.3 Å². The van der Waals surface area contributed by atoms with Crippen LogP contribution in [0.25, 0.3) is 0 Å². The molecule has 2 aliphatic rings. The van der Waals surface area contributed by atoms with Crippen molar-refractivity contribution in [1.82, 2.24) is 9.73 Å². The van der Waals surface area contributed by atoms with Gasteiger partial charge in [-0.25, -0.2) is 8.42 Å². The van der Waals surface area contributed by atoms with Gasteiger partial charge in [-0.1, -0.05) is 31.6 Å². The Balaban J connectivity index is 1.55. The third kappa shape index (κ3) is 6.72. The van der Waals surface area contributed by atoms with E-state index >= 15 is 0 Å². The molecule has 0 unspecified atom stereocenters. The Morgan fingerprint density at radius 2 is 1.91 bits per heavy atom. The molecule has 1 aliphatic heterocycles. The van der Waals surface area contributed by atoms with Gasteiger partial charge in [-0.05, 0) is 74.7 Å². The number of hydrogen-bond acceptors (Lipinski definition) is 5. The van der Waals surface area contributed by atoms with Gasteiger partial charge in [-0.15, -0.1) is 0 Å². The van der Waals surface area contributed by atoms with Gasteiger partial charge < -0.3 is 10.1 Å². The molecule has 9 heteroatoms. The lowest BCUT2D eigenvalue weighted by molar-refractivity contribution is 0.0730. The van der Waals surface area contributed by atoms with Crippen LogP contribution in [0.1, 0.15) is 40.5 Å². The van der Waals surface area contributed by atoms with Crippen LogP contribution in [-0.2, 0) is 14.8 Å². The van der Waals surface area contributed by atoms with Crippen molar-refractivity contribution in [3.63, 3.8) is 0 Å². The molecule has 3 rings (SSSR count). The molecule has 1 fully saturated rings. The zero-order chi connectivity index (χ0) is 24.1. The normalized spacial score (nSPS) is 22.1. The first-order chi connectivity index (χ1) is 15.6. The first-order valence-electron chi connectivity index (χ1n) is 11.2. The van der Waals surface area contributed by atoms with Gasteiger partial charge in [-0.2, -0.15) is 9.41 Å². The van der Waals surface area contributed by atoms with E-state index in [1.807, 2.05) is 13.0 Å². The van der Waals surface area contributed by atoms with Crippen molar-refractivity contribution in [3.05, 3.63) is 48.1 Å². The second-order valence-electron chi connectivity index (χ2n) is 9.17. The number of benzene rings is 1. The first-order valence-corrected chi connectivity index (χ1v) is 13.1. The number of hydrogen-bond donors (Lipinski definition) is 2. The summed E-state index contributed by atoms with van der Waals surface area (Å²) in [5, 5.41) is 7.70. The molecule has 0 radical (unpaired) electrons. The average molecular weight is 491 g/mol. The summed E-state index contributed by atoms with van der Waals surface area (Å²) in [5.74, 6) is 0.397. The average Bonchev–Trinajstić information content (AvgIpc) is 2.78. The molecule has 0 aromatic heterocycles. The highest BCUT2D eigenvalue weighted by atomic mass is 32.2. The molecule has 0 spiro atoms. The topological polar surface area (TPSA) is 83.0 Å². The molecular formula is C24H34N4O3S2. The van der Waals surface area contributed by atoms with Crippen LogP contribution >= 0.6 is 12.2 Å². The fourth-order valence-corrected chi connectivity index (χ4v) is 5.77. The monoisotopic (exact) mass is 490 g/mol. The highest BCUT2D eigenvalue weighted by molar-refractivity contribution is 7.89. The number of sulfonamides is 1. The van der Waals surface area contributed by atoms with Crippen molar-refractivity contribution in [2.75, 3.05) is 31.6 Å². The number of allylic oxidation sites excluding steroid dienone is 4. The summed E-state index contributed by atoms with van der Waals surface area (Å²) in [5.41, 5.74) is 5.99. The molecule has 0 amide bonds. The zero-order valence-electron chi connectivity index (χ0n) is 19.8. The second kappa shape index (κ2) is 10.9. The second-order valence-corrected chi connectivity index (χ2v) is 11.5. The maximum atomic E-state index is 12.7. The van der Waals surface area contributed by atoms with Crippen LogP contribution in [0.5, 0.6) is 0 Å². The smallest absolute Gasteiger partial charge is 0.243 e. The molecule has 2 N–H and O–H groups in total. The molecular weight excluding hydrogens is 456 g/mol. The number of rotatable bonds is 6. The minimum absolute atomic E-state index is 0.237. The Labute approximate surface area is 203 Å². The number of thiocarbonyl (C=S) groups is 1. The summed E-state index contributed by atoms with van der Waals surface area (Å²) in [6.07, 6.45) is 8.87. The Bertz CT molecular complexity index is 1040. The highest BCUT2D eigenvalue weighted by Gasteiger charge is 2.30. The molecule has 1 aliphatic carbocycles. The third-order valence-electron chi connectivity index (χ3n) is 6.17. The fourth-order valence-electron chi connectivity index (χ4n) is 4.20. The van der Waals surface area contributed by atoms with E-state index in [-0.39, 0.29) is 10.3 Å². The summed E-state index contributed by atoms with van der Waals surface area (Å²) >= 11 is 5.32. The van der Waals surface area contributed by atoms with Crippen LogP contribution in [0.2, 0.25) is 0 Å². The summed E-state index contributed by atoms with van der Waals surface area (Å²) in [6.45, 7) is 10.3. The Hall–Kier alpha value is -2.07. The van der Waals surface area contributed by atoms with Gasteiger partial charge in [0.2, 0.25) is 10.0 Å². The molecule has 33 heavy (non-hydrogen) atoms. The van der Waals surface area contributed by atoms with Gasteiger partial charge in [0.25, 0.3) is 0 Å². The quantitative estimate of drug-likeness (QED) is 0.268. The van der Waals surface area contributed by atoms with Gasteiger partial charge in [-0.3, -0.25) is 5.43 Å². The van der Waals surface area contributed by atoms with Crippen LogP contribution in [0.15, 0.2) is 58.1 Å². The summed E-state index contributed by atoms with van der Waals surface area (Å²) in [4.78, 5) is 0.253. The molecule has 1 saturated heterocycles. The molecule has 7 nitrogen and oxygen atoms in total. The minimum Gasteiger partial charge on any atom is -0.379 e. The van der Waals surface area contributed by atoms with E-state index in [2.05, 4.69) is 48.8 Å². The molecule has 1 atom stereocenters. The number of anilines is 1. The standard InChI is InChI=1S/C24H34N4O3S2/c1-18-6-5-13-24(3,4)22(18)12-7-19(2)26-27-23(32)25-20-8-10-21(11-9-20)33(29,30)28-14-16-31-17-15-28/h6-12,22H,5,13-17H2,1-4H3,(H2,25,27,32)/b12-7+,26-19+/t22-/m0/s1. The van der Waals surface area contributed by atoms with Crippen molar-refractivity contribution in [2.45, 2.75) is 45.4 Å². The lowest BCUT2D eigenvalue weighted by Crippen LogP contribution is -2.40. The zero-order valence-corrected chi connectivity index (χ0v) is 21.4. The maximum Gasteiger partial charge on any atom is 0.243 e. The number of ether oxygens (including phenoxy) is 1. The Morgan fingerprint density at radius 3 is 2.55 bits per heavy atom. The number of nitrogens with zero attached hydrogens (tertiary/aromatic N) is 2. The lowest BCUT2D eigenvalue weighted by Gasteiger charge is -2.36. The number of nitrogens with one attached hydrogen (secondary N) is 2. The van der Waals surface area contributed by atoms with Gasteiger partial charge >= 0.3 is 0 Å². The number of morpholine rings is 1. The van der Waals surface area contributed by atoms with Gasteiger partial charge in [0.15, 0.2) is 5.11 Å². The van der Waals surface area contributed by atoms with Crippen molar-refractivity contribution < 1.29 is 13.2 Å². The SMILES string of the molecule is CC1=CCCC(C)(C)[C@H]1/C=C/C(C)=N/NC(=S)Nc1ccc(S(=O)(=O)N2CCOCC2)cc1. The third-order valence-corrected chi connectivity index (χ3v) is 8.28. The van der Waals surface area contributed by atoms with E-state index in [0.29, 0.717) is 43.0 Å². The summed E-state index contributed by atoms with van der Waals surface area (Å²) in [7, 11) is -3.51. The maximum absolute atomic E-state index is 12.7. The van der Waals surface area contributed by atoms with E-state index in [1.165, 1.54) is 16.3 Å².